The number of thiol groups is 1. The number of rotatable bonds is 7. The van der Waals surface area contributed by atoms with Gasteiger partial charge in [0.15, 0.2) is 0 Å². The Labute approximate surface area is 187 Å². The summed E-state index contributed by atoms with van der Waals surface area (Å²) in [7, 11) is 0. The number of hydrogen-bond acceptors (Lipinski definition) is 7. The molecule has 1 fully saturated rings. The molecule has 3 rings (SSSR count). The number of halogens is 1. The molecular weight excluding hydrogens is 450 g/mol. The number of thiophene rings is 1. The van der Waals surface area contributed by atoms with Crippen LogP contribution in [-0.4, -0.2) is 56.1 Å². The smallest absolute Gasteiger partial charge is 0.348 e. The van der Waals surface area contributed by atoms with Gasteiger partial charge in [0, 0.05) is 24.5 Å². The lowest BCUT2D eigenvalue weighted by molar-refractivity contribution is -0.125. The Morgan fingerprint density at radius 3 is 2.60 bits per heavy atom. The summed E-state index contributed by atoms with van der Waals surface area (Å²) in [4.78, 5) is 39.7. The van der Waals surface area contributed by atoms with E-state index in [1.807, 2.05) is 0 Å². The zero-order valence-corrected chi connectivity index (χ0v) is 18.3. The molecule has 160 valence electrons. The second-order valence-corrected chi connectivity index (χ2v) is 8.47. The van der Waals surface area contributed by atoms with E-state index in [-0.39, 0.29) is 25.6 Å². The summed E-state index contributed by atoms with van der Waals surface area (Å²) in [5.74, 6) is -0.685. The first-order valence-corrected chi connectivity index (χ1v) is 10.7. The number of ether oxygens (including phenoxy) is 2. The van der Waals surface area contributed by atoms with Gasteiger partial charge in [0.1, 0.15) is 17.6 Å². The van der Waals surface area contributed by atoms with Gasteiger partial charge in [-0.2, -0.15) is 0 Å². The van der Waals surface area contributed by atoms with Crippen molar-refractivity contribution in [3.8, 4) is 0 Å². The molecule has 0 radical (unpaired) electrons. The van der Waals surface area contributed by atoms with E-state index in [1.54, 1.807) is 41.3 Å². The van der Waals surface area contributed by atoms with Gasteiger partial charge < -0.3 is 20.1 Å². The number of anilines is 2. The number of hydrogen-bond donors (Lipinski definition) is 2. The van der Waals surface area contributed by atoms with Gasteiger partial charge in [0.25, 0.3) is 11.1 Å². The average Bonchev–Trinajstić information content (AvgIpc) is 3.18. The zero-order chi connectivity index (χ0) is 21.7. The molecule has 1 saturated heterocycles. The largest absolute Gasteiger partial charge is 0.455 e. The predicted molar refractivity (Wildman–Crippen MR) is 119 cm³/mol. The number of carbonyl (C=O) groups excluding carboxylic acids is 3. The fraction of sp³-hybridized carbons (Fsp3) is 0.316. The molecule has 0 bridgehead atoms. The van der Waals surface area contributed by atoms with Crippen LogP contribution in [0.25, 0.3) is 0 Å². The van der Waals surface area contributed by atoms with Crippen LogP contribution in [0.1, 0.15) is 9.67 Å². The molecule has 0 spiro atoms. The third-order valence-electron chi connectivity index (χ3n) is 4.39. The van der Waals surface area contributed by atoms with Crippen LogP contribution in [0.15, 0.2) is 36.4 Å². The summed E-state index contributed by atoms with van der Waals surface area (Å²) in [6.45, 7) is 1.02. The number of carbonyl (C=O) groups is 3. The number of morpholine rings is 1. The summed E-state index contributed by atoms with van der Waals surface area (Å²) < 4.78 is 11.0. The Morgan fingerprint density at radius 2 is 2.03 bits per heavy atom. The molecule has 1 aromatic carbocycles. The molecule has 2 aromatic rings. The van der Waals surface area contributed by atoms with Crippen LogP contribution in [0.5, 0.6) is 0 Å². The summed E-state index contributed by atoms with van der Waals surface area (Å²) in [6, 6.07) is 10.0. The molecular formula is C19H20ClN3O5S2. The summed E-state index contributed by atoms with van der Waals surface area (Å²) in [5, 5.41) is -0.529. The van der Waals surface area contributed by atoms with Crippen molar-refractivity contribution in [2.24, 2.45) is 5.73 Å². The summed E-state index contributed by atoms with van der Waals surface area (Å²) in [5.41, 5.74) is 6.99. The van der Waals surface area contributed by atoms with Gasteiger partial charge in [0.2, 0.25) is 0 Å². The van der Waals surface area contributed by atoms with Crippen LogP contribution in [-0.2, 0) is 14.3 Å². The highest BCUT2D eigenvalue weighted by Crippen LogP contribution is 2.25. The van der Waals surface area contributed by atoms with E-state index < -0.39 is 17.3 Å². The first-order valence-electron chi connectivity index (χ1n) is 9.04. The minimum Gasteiger partial charge on any atom is -0.455 e. The highest BCUT2D eigenvalue weighted by atomic mass is 35.5. The van der Waals surface area contributed by atoms with Crippen LogP contribution < -0.4 is 15.5 Å². The first-order chi connectivity index (χ1) is 14.4. The monoisotopic (exact) mass is 469 g/mol. The maximum Gasteiger partial charge on any atom is 0.348 e. The molecule has 1 aromatic heterocycles. The lowest BCUT2D eigenvalue weighted by Gasteiger charge is -2.28. The zero-order valence-electron chi connectivity index (χ0n) is 15.8. The fourth-order valence-electron chi connectivity index (χ4n) is 2.89. The average molecular weight is 470 g/mol. The molecule has 11 heteroatoms. The van der Waals surface area contributed by atoms with Crippen molar-refractivity contribution in [2.75, 3.05) is 42.6 Å². The molecule has 1 aliphatic heterocycles. The number of nitrogens with two attached hydrogens (primary N) is 1. The second kappa shape index (κ2) is 10.3. The van der Waals surface area contributed by atoms with Crippen LogP contribution in [0.4, 0.5) is 16.2 Å². The number of benzene rings is 1. The molecule has 0 aliphatic carbocycles. The minimum atomic E-state index is -0.741. The normalized spacial score (nSPS) is 15.0. The van der Waals surface area contributed by atoms with E-state index in [9.17, 15) is 14.4 Å². The van der Waals surface area contributed by atoms with Crippen molar-refractivity contribution in [3.63, 3.8) is 0 Å². The third-order valence-corrected chi connectivity index (χ3v) is 5.84. The van der Waals surface area contributed by atoms with Crippen LogP contribution in [0.3, 0.4) is 0 Å². The molecule has 2 N–H and O–H groups in total. The van der Waals surface area contributed by atoms with Crippen molar-refractivity contribution in [2.45, 2.75) is 6.10 Å². The number of esters is 1. The van der Waals surface area contributed by atoms with Gasteiger partial charge >= 0.3 is 5.97 Å². The Bertz CT molecular complexity index is 921. The predicted octanol–water partition coefficient (Wildman–Crippen LogP) is 2.81. The topological polar surface area (TPSA) is 102 Å². The van der Waals surface area contributed by atoms with Gasteiger partial charge in [-0.25, -0.2) is 4.79 Å². The second-order valence-electron chi connectivity index (χ2n) is 6.37. The number of amides is 2. The Hall–Kier alpha value is -2.11. The first kappa shape index (κ1) is 22.6. The Kier molecular flexibility index (Phi) is 7.73. The lowest BCUT2D eigenvalue weighted by Crippen LogP contribution is -2.42. The van der Waals surface area contributed by atoms with Gasteiger partial charge in [-0.15, -0.1) is 11.3 Å². The van der Waals surface area contributed by atoms with E-state index >= 15 is 0 Å². The van der Waals surface area contributed by atoms with Crippen molar-refractivity contribution >= 4 is 64.1 Å². The van der Waals surface area contributed by atoms with E-state index in [0.717, 1.165) is 11.3 Å². The standard InChI is InChI=1S/C19H20ClN3O5S2/c20-16-6-5-15(30-16)18(25)28-14(9-21)10-23(19(26)29)13-3-1-12(2-4-13)22-7-8-27-11-17(22)24/h1-6,14H,7-11,21H2,(H,26,29). The van der Waals surface area contributed by atoms with Gasteiger partial charge in [0.05, 0.1) is 17.5 Å². The highest BCUT2D eigenvalue weighted by Gasteiger charge is 2.24. The lowest BCUT2D eigenvalue weighted by atomic mass is 10.2. The van der Waals surface area contributed by atoms with Crippen molar-refractivity contribution in [1.29, 1.82) is 0 Å². The fourth-order valence-corrected chi connectivity index (χ4v) is 4.02. The van der Waals surface area contributed by atoms with Crippen molar-refractivity contribution in [1.82, 2.24) is 0 Å². The maximum absolute atomic E-state index is 12.3. The maximum atomic E-state index is 12.3. The van der Waals surface area contributed by atoms with Crippen LogP contribution in [0, 0.1) is 0 Å². The van der Waals surface area contributed by atoms with Gasteiger partial charge in [-0.3, -0.25) is 14.5 Å². The molecule has 0 saturated carbocycles. The van der Waals surface area contributed by atoms with Gasteiger partial charge in [-0.1, -0.05) is 24.2 Å². The van der Waals surface area contributed by atoms with Gasteiger partial charge in [-0.05, 0) is 36.4 Å². The third kappa shape index (κ3) is 5.52. The Balaban J connectivity index is 1.70. The number of nitrogens with zero attached hydrogens (tertiary/aromatic N) is 2. The minimum absolute atomic E-state index is 0.0166. The molecule has 1 aliphatic rings. The van der Waals surface area contributed by atoms with Crippen molar-refractivity contribution < 1.29 is 23.9 Å². The van der Waals surface area contributed by atoms with Crippen LogP contribution in [0.2, 0.25) is 4.34 Å². The summed E-state index contributed by atoms with van der Waals surface area (Å²) in [6.07, 6.45) is -0.741. The molecule has 2 amide bonds. The molecule has 30 heavy (non-hydrogen) atoms. The molecule has 1 unspecified atom stereocenters. The van der Waals surface area contributed by atoms with E-state index in [2.05, 4.69) is 12.6 Å². The van der Waals surface area contributed by atoms with E-state index in [4.69, 9.17) is 26.8 Å². The quantitative estimate of drug-likeness (QED) is 0.477. The molecule has 8 nitrogen and oxygen atoms in total. The van der Waals surface area contributed by atoms with Crippen LogP contribution >= 0.6 is 35.6 Å². The Morgan fingerprint density at radius 1 is 1.30 bits per heavy atom. The van der Waals surface area contributed by atoms with E-state index in [1.165, 1.54) is 4.90 Å². The SMILES string of the molecule is NCC(CN(C(=O)S)c1ccc(N2CCOCC2=O)cc1)OC(=O)c1ccc(Cl)s1. The van der Waals surface area contributed by atoms with E-state index in [0.29, 0.717) is 33.7 Å². The highest BCUT2D eigenvalue weighted by molar-refractivity contribution is 7.96. The molecule has 2 heterocycles. The summed E-state index contributed by atoms with van der Waals surface area (Å²) >= 11 is 10.9. The molecule has 1 atom stereocenters. The van der Waals surface area contributed by atoms with Crippen molar-refractivity contribution in [3.05, 3.63) is 45.6 Å².